The van der Waals surface area contributed by atoms with E-state index in [2.05, 4.69) is 34.1 Å². The van der Waals surface area contributed by atoms with Crippen molar-refractivity contribution in [1.82, 2.24) is 0 Å². The zero-order chi connectivity index (χ0) is 6.57. The van der Waals surface area contributed by atoms with Crippen LogP contribution in [0.1, 0.15) is 0 Å². The molecule has 0 radical (unpaired) electrons. The molecule has 1 nitrogen and oxygen atoms in total. The lowest BCUT2D eigenvalue weighted by molar-refractivity contribution is 1.56. The van der Waals surface area contributed by atoms with Crippen LogP contribution in [0.3, 0.4) is 0 Å². The molecule has 0 aliphatic rings. The van der Waals surface area contributed by atoms with Crippen molar-refractivity contribution in [2.24, 2.45) is 4.99 Å². The van der Waals surface area contributed by atoms with Gasteiger partial charge in [0.2, 0.25) is 0 Å². The highest BCUT2D eigenvalue weighted by atomic mass is 79.9. The van der Waals surface area contributed by atoms with E-state index in [1.165, 1.54) is 6.21 Å². The summed E-state index contributed by atoms with van der Waals surface area (Å²) in [5.74, 6) is 0. The summed E-state index contributed by atoms with van der Waals surface area (Å²) in [6.45, 7) is 6.83. The Hall–Kier alpha value is -0.0800. The number of hydrogen-bond donors (Lipinski definition) is 0. The highest BCUT2D eigenvalue weighted by Gasteiger charge is 1.77. The maximum absolute atomic E-state index is 5.27. The van der Waals surface area contributed by atoms with Gasteiger partial charge in [0, 0.05) is 10.7 Å². The second-order valence-electron chi connectivity index (χ2n) is 1.08. The summed E-state index contributed by atoms with van der Waals surface area (Å²) in [7, 11) is 0. The van der Waals surface area contributed by atoms with Crippen LogP contribution in [0.4, 0.5) is 0 Å². The van der Waals surface area contributed by atoms with Crippen LogP contribution in [0, 0.1) is 0 Å². The van der Waals surface area contributed by atoms with Crippen molar-refractivity contribution in [2.75, 3.05) is 0 Å². The fourth-order valence-corrected chi connectivity index (χ4v) is 0.291. The van der Waals surface area contributed by atoms with E-state index >= 15 is 0 Å². The van der Waals surface area contributed by atoms with E-state index in [4.69, 9.17) is 11.6 Å². The highest BCUT2D eigenvalue weighted by Crippen LogP contribution is 2.00. The summed E-state index contributed by atoms with van der Waals surface area (Å²) in [5.41, 5.74) is 0. The van der Waals surface area contributed by atoms with Crippen LogP contribution in [0.2, 0.25) is 0 Å². The third kappa shape index (κ3) is 5.92. The van der Waals surface area contributed by atoms with E-state index in [0.29, 0.717) is 4.48 Å². The number of halogens is 2. The largest absolute Gasteiger partial charge is 0.244 e. The SMILES string of the molecule is C=C(Br)/C=N\C(=C)Cl. The molecule has 0 aromatic rings. The fourth-order valence-electron chi connectivity index (χ4n) is 0.140. The van der Waals surface area contributed by atoms with Gasteiger partial charge in [0.15, 0.2) is 0 Å². The van der Waals surface area contributed by atoms with Gasteiger partial charge in [-0.1, -0.05) is 24.8 Å². The lowest BCUT2D eigenvalue weighted by Gasteiger charge is -1.80. The van der Waals surface area contributed by atoms with E-state index in [-0.39, 0.29) is 5.16 Å². The Morgan fingerprint density at radius 3 is 2.25 bits per heavy atom. The lowest BCUT2D eigenvalue weighted by atomic mass is 10.7. The smallest absolute Gasteiger partial charge is 0.121 e. The molecular weight excluding hydrogens is 189 g/mol. The molecule has 44 valence electrons. The van der Waals surface area contributed by atoms with E-state index in [1.807, 2.05) is 0 Å². The number of allylic oxidation sites excluding steroid dienone is 1. The molecule has 0 spiro atoms. The quantitative estimate of drug-likeness (QED) is 0.473. The van der Waals surface area contributed by atoms with Crippen LogP contribution in [0.25, 0.3) is 0 Å². The number of hydrogen-bond acceptors (Lipinski definition) is 1. The molecule has 8 heavy (non-hydrogen) atoms. The molecule has 0 bridgehead atoms. The zero-order valence-corrected chi connectivity index (χ0v) is 6.54. The van der Waals surface area contributed by atoms with Crippen LogP contribution in [-0.2, 0) is 0 Å². The minimum absolute atomic E-state index is 0.255. The van der Waals surface area contributed by atoms with Crippen molar-refractivity contribution >= 4 is 33.7 Å². The summed E-state index contributed by atoms with van der Waals surface area (Å²) in [6.07, 6.45) is 1.48. The molecule has 0 fully saturated rings. The third-order valence-corrected chi connectivity index (χ3v) is 0.647. The molecule has 0 unspecified atom stereocenters. The Kier molecular flexibility index (Phi) is 3.83. The Balaban J connectivity index is 3.67. The summed E-state index contributed by atoms with van der Waals surface area (Å²) in [4.78, 5) is 3.62. The Labute approximate surface area is 61.9 Å². The number of rotatable bonds is 2. The van der Waals surface area contributed by atoms with Crippen LogP contribution >= 0.6 is 27.5 Å². The van der Waals surface area contributed by atoms with Crippen molar-refractivity contribution in [3.63, 3.8) is 0 Å². The first-order valence-electron chi connectivity index (χ1n) is 1.86. The monoisotopic (exact) mass is 193 g/mol. The molecule has 0 aliphatic carbocycles. The molecular formula is C5H5BrClN. The number of aliphatic imine (C=N–C) groups is 1. The zero-order valence-electron chi connectivity index (χ0n) is 4.19. The predicted molar refractivity (Wildman–Crippen MR) is 41.6 cm³/mol. The maximum Gasteiger partial charge on any atom is 0.121 e. The van der Waals surface area contributed by atoms with Gasteiger partial charge < -0.3 is 0 Å². The normalized spacial score (nSPS) is 9.75. The highest BCUT2D eigenvalue weighted by molar-refractivity contribution is 9.12. The molecule has 0 aliphatic heterocycles. The van der Waals surface area contributed by atoms with Crippen LogP contribution in [-0.4, -0.2) is 6.21 Å². The van der Waals surface area contributed by atoms with Gasteiger partial charge in [-0.2, -0.15) is 0 Å². The van der Waals surface area contributed by atoms with Crippen molar-refractivity contribution in [1.29, 1.82) is 0 Å². The molecule has 0 rings (SSSR count). The van der Waals surface area contributed by atoms with E-state index < -0.39 is 0 Å². The minimum atomic E-state index is 0.255. The topological polar surface area (TPSA) is 12.4 Å². The third-order valence-electron chi connectivity index (χ3n) is 0.345. The second-order valence-corrected chi connectivity index (χ2v) is 2.54. The predicted octanol–water partition coefficient (Wildman–Crippen LogP) is 2.68. The molecule has 0 saturated heterocycles. The van der Waals surface area contributed by atoms with E-state index in [0.717, 1.165) is 0 Å². The minimum Gasteiger partial charge on any atom is -0.244 e. The van der Waals surface area contributed by atoms with Crippen LogP contribution < -0.4 is 0 Å². The molecule has 0 N–H and O–H groups in total. The summed E-state index contributed by atoms with van der Waals surface area (Å²) in [6, 6.07) is 0. The Morgan fingerprint density at radius 1 is 1.62 bits per heavy atom. The van der Waals surface area contributed by atoms with Gasteiger partial charge in [-0.3, -0.25) is 0 Å². The average Bonchev–Trinajstić information content (AvgIpc) is 1.61. The van der Waals surface area contributed by atoms with Gasteiger partial charge in [-0.25, -0.2) is 4.99 Å². The molecule has 3 heteroatoms. The second kappa shape index (κ2) is 3.87. The van der Waals surface area contributed by atoms with Crippen molar-refractivity contribution in [3.05, 3.63) is 22.8 Å². The van der Waals surface area contributed by atoms with E-state index in [9.17, 15) is 0 Å². The molecule has 0 atom stereocenters. The summed E-state index contributed by atoms with van der Waals surface area (Å²) >= 11 is 8.33. The number of nitrogens with zero attached hydrogens (tertiary/aromatic N) is 1. The Bertz CT molecular complexity index is 123. The van der Waals surface area contributed by atoms with Gasteiger partial charge in [-0.15, -0.1) is 0 Å². The Morgan fingerprint density at radius 2 is 2.12 bits per heavy atom. The van der Waals surface area contributed by atoms with Crippen LogP contribution in [0.15, 0.2) is 27.8 Å². The van der Waals surface area contributed by atoms with Crippen molar-refractivity contribution < 1.29 is 0 Å². The van der Waals surface area contributed by atoms with Crippen molar-refractivity contribution in [2.45, 2.75) is 0 Å². The van der Waals surface area contributed by atoms with Gasteiger partial charge >= 0.3 is 0 Å². The average molecular weight is 194 g/mol. The molecule has 0 aromatic heterocycles. The van der Waals surface area contributed by atoms with Gasteiger partial charge in [-0.05, 0) is 15.9 Å². The van der Waals surface area contributed by atoms with Crippen LogP contribution in [0.5, 0.6) is 0 Å². The molecule has 0 aromatic carbocycles. The standard InChI is InChI=1S/C5H5BrClN/c1-4(6)3-8-5(2)7/h3H,1-2H2/b8-3-. The van der Waals surface area contributed by atoms with E-state index in [1.54, 1.807) is 0 Å². The molecule has 0 amide bonds. The lowest BCUT2D eigenvalue weighted by Crippen LogP contribution is -1.67. The summed E-state index contributed by atoms with van der Waals surface area (Å²) < 4.78 is 0.680. The molecule has 0 heterocycles. The fraction of sp³-hybridized carbons (Fsp3) is 0. The van der Waals surface area contributed by atoms with Gasteiger partial charge in [0.1, 0.15) is 5.16 Å². The maximum atomic E-state index is 5.27. The van der Waals surface area contributed by atoms with Gasteiger partial charge in [0.25, 0.3) is 0 Å². The first kappa shape index (κ1) is 7.92. The summed E-state index contributed by atoms with van der Waals surface area (Å²) in [5, 5.41) is 0.255. The molecule has 0 saturated carbocycles. The first-order chi connectivity index (χ1) is 3.63. The first-order valence-corrected chi connectivity index (χ1v) is 3.03. The van der Waals surface area contributed by atoms with Crippen molar-refractivity contribution in [3.8, 4) is 0 Å². The van der Waals surface area contributed by atoms with Gasteiger partial charge in [0.05, 0.1) is 0 Å².